The first kappa shape index (κ1) is 26.6. The van der Waals surface area contributed by atoms with Gasteiger partial charge in [0.25, 0.3) is 0 Å². The number of aryl methyl sites for hydroxylation is 1. The Labute approximate surface area is 221 Å². The number of hydrogen-bond donors (Lipinski definition) is 2. The van der Waals surface area contributed by atoms with Crippen LogP contribution in [-0.4, -0.2) is 49.2 Å². The second-order valence-corrected chi connectivity index (χ2v) is 16.6. The molecule has 10 heteroatoms. The van der Waals surface area contributed by atoms with E-state index in [2.05, 4.69) is 73.2 Å². The van der Waals surface area contributed by atoms with Crippen molar-refractivity contribution < 1.29 is 13.6 Å². The molecule has 1 saturated heterocycles. The van der Waals surface area contributed by atoms with Crippen LogP contribution in [0.2, 0.25) is 18.1 Å². The second-order valence-electron chi connectivity index (χ2n) is 10.9. The number of ether oxygens (including phenoxy) is 1. The monoisotopic (exact) mass is 575 g/mol. The molecule has 1 aromatic carbocycles. The molecule has 1 fully saturated rings. The Hall–Kier alpha value is -2.43. The molecular weight excluding hydrogens is 541 g/mol. The van der Waals surface area contributed by atoms with Crippen LogP contribution in [0.4, 0.5) is 15.8 Å². The summed E-state index contributed by atoms with van der Waals surface area (Å²) in [6, 6.07) is 7.88. The number of nitrogens with two attached hydrogens (primary N) is 1. The number of benzene rings is 1. The van der Waals surface area contributed by atoms with Gasteiger partial charge in [0.15, 0.2) is 5.67 Å². The molecule has 0 saturated carbocycles. The van der Waals surface area contributed by atoms with Crippen LogP contribution in [0.1, 0.15) is 38.8 Å². The van der Waals surface area contributed by atoms with Gasteiger partial charge in [0.05, 0.1) is 48.4 Å². The van der Waals surface area contributed by atoms with E-state index >= 15 is 0 Å². The fraction of sp³-hybridized carbons (Fsp3) is 0.462. The van der Waals surface area contributed by atoms with Crippen molar-refractivity contribution in [2.75, 3.05) is 25.1 Å². The Morgan fingerprint density at radius 1 is 1.33 bits per heavy atom. The summed E-state index contributed by atoms with van der Waals surface area (Å²) in [6.07, 6.45) is 4.27. The molecule has 1 aliphatic rings. The standard InChI is InChI=1S/C26H35BrFN5O2Si/c1-7-17-10-19(35-36(5,6)25(2,3)4)8-9-21(17)32-24(29)20-12-31-33-13-18(27)11-22(33)23(20)30-14-26(28)15-34-16-26/h8-13,30H,7,14-16H2,1-6H3,(H2,29,32). The number of fused-ring (bicyclic) bond motifs is 1. The molecule has 2 aromatic heterocycles. The van der Waals surface area contributed by atoms with Gasteiger partial charge in [0, 0.05) is 10.7 Å². The largest absolute Gasteiger partial charge is 0.543 e. The summed E-state index contributed by atoms with van der Waals surface area (Å²) in [5.74, 6) is 1.16. The normalized spacial score (nSPS) is 16.2. The lowest BCUT2D eigenvalue weighted by Crippen LogP contribution is -2.50. The first-order valence-corrected chi connectivity index (χ1v) is 15.9. The molecule has 3 aromatic rings. The van der Waals surface area contributed by atoms with Gasteiger partial charge in [0.1, 0.15) is 11.6 Å². The minimum Gasteiger partial charge on any atom is -0.543 e. The third-order valence-electron chi connectivity index (χ3n) is 7.04. The first-order valence-electron chi connectivity index (χ1n) is 12.2. The number of aliphatic imine (C=N–C) groups is 1. The third kappa shape index (κ3) is 5.45. The molecule has 36 heavy (non-hydrogen) atoms. The average Bonchev–Trinajstić information content (AvgIpc) is 3.16. The van der Waals surface area contributed by atoms with Gasteiger partial charge in [-0.25, -0.2) is 13.9 Å². The van der Waals surface area contributed by atoms with Gasteiger partial charge < -0.3 is 20.2 Å². The summed E-state index contributed by atoms with van der Waals surface area (Å²) in [7, 11) is -1.96. The van der Waals surface area contributed by atoms with Crippen LogP contribution in [0.15, 0.2) is 46.1 Å². The molecule has 0 aliphatic carbocycles. The maximum atomic E-state index is 14.7. The quantitative estimate of drug-likeness (QED) is 0.189. The zero-order valence-corrected chi connectivity index (χ0v) is 24.4. The van der Waals surface area contributed by atoms with Crippen molar-refractivity contribution in [1.29, 1.82) is 0 Å². The van der Waals surface area contributed by atoms with E-state index in [9.17, 15) is 4.39 Å². The molecule has 0 atom stereocenters. The number of alkyl halides is 1. The summed E-state index contributed by atoms with van der Waals surface area (Å²) in [5.41, 5.74) is 9.01. The molecule has 0 amide bonds. The smallest absolute Gasteiger partial charge is 0.250 e. The summed E-state index contributed by atoms with van der Waals surface area (Å²) >= 11 is 3.49. The number of amidine groups is 1. The van der Waals surface area contributed by atoms with E-state index in [1.165, 1.54) is 0 Å². The fourth-order valence-corrected chi connectivity index (χ4v) is 5.17. The van der Waals surface area contributed by atoms with Crippen LogP contribution in [0.5, 0.6) is 5.75 Å². The third-order valence-corrected chi connectivity index (χ3v) is 11.8. The Balaban J connectivity index is 1.68. The van der Waals surface area contributed by atoms with Gasteiger partial charge in [-0.2, -0.15) is 5.10 Å². The van der Waals surface area contributed by atoms with Gasteiger partial charge >= 0.3 is 0 Å². The van der Waals surface area contributed by atoms with Gasteiger partial charge in [-0.15, -0.1) is 0 Å². The van der Waals surface area contributed by atoms with Gasteiger partial charge in [-0.1, -0.05) is 27.7 Å². The van der Waals surface area contributed by atoms with Crippen molar-refractivity contribution in [3.05, 3.63) is 52.3 Å². The van der Waals surface area contributed by atoms with Crippen molar-refractivity contribution >= 4 is 47.0 Å². The Bertz CT molecular complexity index is 1300. The lowest BCUT2D eigenvalue weighted by Gasteiger charge is -2.36. The van der Waals surface area contributed by atoms with Crippen molar-refractivity contribution in [3.8, 4) is 5.75 Å². The van der Waals surface area contributed by atoms with Crippen LogP contribution in [0, 0.1) is 0 Å². The highest BCUT2D eigenvalue weighted by Crippen LogP contribution is 2.38. The molecule has 0 spiro atoms. The molecule has 3 heterocycles. The second kappa shape index (κ2) is 9.79. The van der Waals surface area contributed by atoms with Crippen molar-refractivity contribution in [3.63, 3.8) is 0 Å². The zero-order valence-electron chi connectivity index (χ0n) is 21.8. The summed E-state index contributed by atoms with van der Waals surface area (Å²) in [4.78, 5) is 4.77. The Kier molecular flexibility index (Phi) is 7.24. The maximum Gasteiger partial charge on any atom is 0.250 e. The molecule has 4 rings (SSSR count). The van der Waals surface area contributed by atoms with Gasteiger partial charge in [-0.05, 0) is 70.3 Å². The number of rotatable bonds is 8. The summed E-state index contributed by atoms with van der Waals surface area (Å²) in [6.45, 7) is 13.5. The van der Waals surface area contributed by atoms with Gasteiger partial charge in [0.2, 0.25) is 8.32 Å². The van der Waals surface area contributed by atoms with E-state index in [1.807, 2.05) is 24.4 Å². The van der Waals surface area contributed by atoms with Crippen LogP contribution < -0.4 is 15.5 Å². The van der Waals surface area contributed by atoms with E-state index in [0.717, 1.165) is 33.4 Å². The highest BCUT2D eigenvalue weighted by Gasteiger charge is 2.39. The molecule has 194 valence electrons. The van der Waals surface area contributed by atoms with E-state index in [0.29, 0.717) is 17.1 Å². The molecule has 1 aliphatic heterocycles. The Morgan fingerprint density at radius 2 is 2.06 bits per heavy atom. The minimum atomic E-state index is -1.96. The number of nitrogens with one attached hydrogen (secondary N) is 1. The SMILES string of the molecule is CCc1cc(O[Si](C)(C)C(C)(C)C)ccc1N=C(N)c1cnn2cc(Br)cc2c1NCC1(F)COC1. The first-order chi connectivity index (χ1) is 16.8. The molecule has 7 nitrogen and oxygen atoms in total. The molecule has 3 N–H and O–H groups in total. The van der Waals surface area contributed by atoms with Gasteiger partial charge in [-0.3, -0.25) is 0 Å². The summed E-state index contributed by atoms with van der Waals surface area (Å²) in [5, 5.41) is 7.82. The van der Waals surface area contributed by atoms with Crippen LogP contribution in [0.3, 0.4) is 0 Å². The average molecular weight is 577 g/mol. The van der Waals surface area contributed by atoms with Crippen molar-refractivity contribution in [2.24, 2.45) is 10.7 Å². The molecular formula is C26H35BrFN5O2Si. The lowest BCUT2D eigenvalue weighted by molar-refractivity contribution is -0.121. The van der Waals surface area contributed by atoms with E-state index in [-0.39, 0.29) is 24.8 Å². The number of nitrogens with zero attached hydrogens (tertiary/aromatic N) is 3. The van der Waals surface area contributed by atoms with E-state index < -0.39 is 14.0 Å². The molecule has 0 radical (unpaired) electrons. The highest BCUT2D eigenvalue weighted by molar-refractivity contribution is 9.10. The number of aromatic nitrogens is 2. The molecule has 0 bridgehead atoms. The van der Waals surface area contributed by atoms with E-state index in [1.54, 1.807) is 10.7 Å². The Morgan fingerprint density at radius 3 is 2.67 bits per heavy atom. The van der Waals surface area contributed by atoms with Crippen LogP contribution in [-0.2, 0) is 11.2 Å². The molecule has 0 unspecified atom stereocenters. The summed E-state index contributed by atoms with van der Waals surface area (Å²) < 4.78 is 28.8. The van der Waals surface area contributed by atoms with Crippen molar-refractivity contribution in [1.82, 2.24) is 9.61 Å². The maximum absolute atomic E-state index is 14.7. The predicted octanol–water partition coefficient (Wildman–Crippen LogP) is 6.23. The lowest BCUT2D eigenvalue weighted by atomic mass is 10.0. The van der Waals surface area contributed by atoms with Crippen LogP contribution >= 0.6 is 15.9 Å². The van der Waals surface area contributed by atoms with Crippen LogP contribution in [0.25, 0.3) is 5.52 Å². The number of anilines is 1. The zero-order chi connectivity index (χ0) is 26.3. The topological polar surface area (TPSA) is 86.2 Å². The predicted molar refractivity (Wildman–Crippen MR) is 150 cm³/mol. The number of halogens is 2. The minimum absolute atomic E-state index is 0.0775. The fourth-order valence-electron chi connectivity index (χ4n) is 3.73. The number of hydrogen-bond acceptors (Lipinski definition) is 5. The highest BCUT2D eigenvalue weighted by atomic mass is 79.9. The van der Waals surface area contributed by atoms with E-state index in [4.69, 9.17) is 19.9 Å². The van der Waals surface area contributed by atoms with Crippen molar-refractivity contribution in [2.45, 2.75) is 57.9 Å².